The Bertz CT molecular complexity index is 314. The van der Waals surface area contributed by atoms with E-state index >= 15 is 0 Å². The first kappa shape index (κ1) is 18.5. The van der Waals surface area contributed by atoms with Crippen LogP contribution in [0.1, 0.15) is 73.1 Å². The molecular weight excluding hydrogens is 260 g/mol. The van der Waals surface area contributed by atoms with Crippen LogP contribution in [0.5, 0.6) is 0 Å². The summed E-state index contributed by atoms with van der Waals surface area (Å²) in [5.74, 6) is 2.37. The number of nitrogens with one attached hydrogen (secondary N) is 1. The molecule has 21 heavy (non-hydrogen) atoms. The SMILES string of the molecule is CC(N)CCCC(C)C(=O)NC1CC(C)CCC1C(C)C. The van der Waals surface area contributed by atoms with Crippen molar-refractivity contribution in [1.29, 1.82) is 0 Å². The minimum atomic E-state index is 0.105. The first-order valence-electron chi connectivity index (χ1n) is 8.87. The molecule has 124 valence electrons. The Morgan fingerprint density at radius 1 is 1.19 bits per heavy atom. The van der Waals surface area contributed by atoms with E-state index in [4.69, 9.17) is 5.73 Å². The van der Waals surface area contributed by atoms with E-state index in [2.05, 4.69) is 26.1 Å². The zero-order valence-corrected chi connectivity index (χ0v) is 14.7. The first-order valence-corrected chi connectivity index (χ1v) is 8.87. The third-order valence-corrected chi connectivity index (χ3v) is 5.09. The zero-order valence-electron chi connectivity index (χ0n) is 14.7. The second-order valence-corrected chi connectivity index (χ2v) is 7.75. The van der Waals surface area contributed by atoms with Crippen LogP contribution in [0.15, 0.2) is 0 Å². The van der Waals surface area contributed by atoms with E-state index in [1.54, 1.807) is 0 Å². The molecular formula is C18H36N2O. The average molecular weight is 296 g/mol. The summed E-state index contributed by atoms with van der Waals surface area (Å²) in [6, 6.07) is 0.613. The molecule has 1 saturated carbocycles. The fourth-order valence-corrected chi connectivity index (χ4v) is 3.57. The average Bonchev–Trinajstić information content (AvgIpc) is 2.37. The highest BCUT2D eigenvalue weighted by molar-refractivity contribution is 5.78. The fourth-order valence-electron chi connectivity index (χ4n) is 3.57. The van der Waals surface area contributed by atoms with Crippen molar-refractivity contribution in [3.63, 3.8) is 0 Å². The normalized spacial score (nSPS) is 29.2. The Morgan fingerprint density at radius 2 is 1.86 bits per heavy atom. The molecule has 1 aliphatic carbocycles. The number of amides is 1. The fraction of sp³-hybridized carbons (Fsp3) is 0.944. The molecule has 0 aromatic rings. The van der Waals surface area contributed by atoms with Crippen molar-refractivity contribution in [3.8, 4) is 0 Å². The highest BCUT2D eigenvalue weighted by Crippen LogP contribution is 2.33. The molecule has 0 aromatic carbocycles. The summed E-state index contributed by atoms with van der Waals surface area (Å²) >= 11 is 0. The van der Waals surface area contributed by atoms with Gasteiger partial charge in [-0.05, 0) is 50.4 Å². The Hall–Kier alpha value is -0.570. The molecule has 3 nitrogen and oxygen atoms in total. The molecule has 0 bridgehead atoms. The third-order valence-electron chi connectivity index (χ3n) is 5.09. The van der Waals surface area contributed by atoms with E-state index in [1.165, 1.54) is 12.8 Å². The number of rotatable bonds is 7. The van der Waals surface area contributed by atoms with Gasteiger partial charge >= 0.3 is 0 Å². The predicted molar refractivity (Wildman–Crippen MR) is 89.9 cm³/mol. The van der Waals surface area contributed by atoms with Crippen molar-refractivity contribution in [3.05, 3.63) is 0 Å². The van der Waals surface area contributed by atoms with Crippen molar-refractivity contribution < 1.29 is 4.79 Å². The van der Waals surface area contributed by atoms with E-state index < -0.39 is 0 Å². The number of hydrogen-bond donors (Lipinski definition) is 2. The van der Waals surface area contributed by atoms with Crippen LogP contribution < -0.4 is 11.1 Å². The van der Waals surface area contributed by atoms with Gasteiger partial charge in [-0.1, -0.05) is 40.5 Å². The lowest BCUT2D eigenvalue weighted by Gasteiger charge is -2.38. The van der Waals surface area contributed by atoms with Gasteiger partial charge in [0.1, 0.15) is 0 Å². The number of nitrogens with two attached hydrogens (primary N) is 1. The van der Waals surface area contributed by atoms with Crippen molar-refractivity contribution in [1.82, 2.24) is 5.32 Å². The predicted octanol–water partition coefficient (Wildman–Crippen LogP) is 3.72. The van der Waals surface area contributed by atoms with Crippen LogP contribution in [0.25, 0.3) is 0 Å². The lowest BCUT2D eigenvalue weighted by atomic mass is 9.74. The highest BCUT2D eigenvalue weighted by Gasteiger charge is 2.32. The second-order valence-electron chi connectivity index (χ2n) is 7.75. The molecule has 5 atom stereocenters. The molecule has 1 rings (SSSR count). The van der Waals surface area contributed by atoms with Crippen LogP contribution >= 0.6 is 0 Å². The minimum absolute atomic E-state index is 0.105. The molecule has 1 fully saturated rings. The van der Waals surface area contributed by atoms with Crippen molar-refractivity contribution in [2.45, 2.75) is 85.2 Å². The van der Waals surface area contributed by atoms with Gasteiger partial charge in [-0.3, -0.25) is 4.79 Å². The first-order chi connectivity index (χ1) is 9.81. The lowest BCUT2D eigenvalue weighted by Crippen LogP contribution is -2.47. The largest absolute Gasteiger partial charge is 0.353 e. The van der Waals surface area contributed by atoms with Gasteiger partial charge < -0.3 is 11.1 Å². The Labute approximate surface area is 131 Å². The summed E-state index contributed by atoms with van der Waals surface area (Å²) in [6.07, 6.45) is 6.69. The van der Waals surface area contributed by atoms with Gasteiger partial charge in [-0.2, -0.15) is 0 Å². The molecule has 0 spiro atoms. The molecule has 0 heterocycles. The summed E-state index contributed by atoms with van der Waals surface area (Å²) < 4.78 is 0. The maximum atomic E-state index is 12.4. The smallest absolute Gasteiger partial charge is 0.223 e. The summed E-state index contributed by atoms with van der Waals surface area (Å²) in [7, 11) is 0. The third kappa shape index (κ3) is 6.37. The maximum absolute atomic E-state index is 12.4. The highest BCUT2D eigenvalue weighted by atomic mass is 16.1. The summed E-state index contributed by atoms with van der Waals surface area (Å²) in [4.78, 5) is 12.4. The molecule has 3 heteroatoms. The van der Waals surface area contributed by atoms with E-state index in [9.17, 15) is 4.79 Å². The Morgan fingerprint density at radius 3 is 2.43 bits per heavy atom. The van der Waals surface area contributed by atoms with Gasteiger partial charge in [0, 0.05) is 18.0 Å². The molecule has 0 aliphatic heterocycles. The van der Waals surface area contributed by atoms with Crippen LogP contribution in [0, 0.1) is 23.7 Å². The standard InChI is InChI=1S/C18H36N2O/c1-12(2)16-10-9-13(3)11-17(16)20-18(21)14(4)7-6-8-15(5)19/h12-17H,6-11,19H2,1-5H3,(H,20,21). The summed E-state index contributed by atoms with van der Waals surface area (Å²) in [5, 5.41) is 3.35. The minimum Gasteiger partial charge on any atom is -0.353 e. The number of carbonyl (C=O) groups is 1. The molecule has 3 N–H and O–H groups in total. The molecule has 5 unspecified atom stereocenters. The van der Waals surface area contributed by atoms with Gasteiger partial charge in [-0.15, -0.1) is 0 Å². The van der Waals surface area contributed by atoms with Crippen molar-refractivity contribution in [2.75, 3.05) is 0 Å². The van der Waals surface area contributed by atoms with Crippen LogP contribution in [0.3, 0.4) is 0 Å². The van der Waals surface area contributed by atoms with Gasteiger partial charge in [0.2, 0.25) is 5.91 Å². The van der Waals surface area contributed by atoms with Gasteiger partial charge in [0.15, 0.2) is 0 Å². The molecule has 0 saturated heterocycles. The van der Waals surface area contributed by atoms with Crippen LogP contribution in [-0.4, -0.2) is 18.0 Å². The quantitative estimate of drug-likeness (QED) is 0.752. The second kappa shape index (κ2) is 8.77. The lowest BCUT2D eigenvalue weighted by molar-refractivity contribution is -0.126. The zero-order chi connectivity index (χ0) is 16.0. The van der Waals surface area contributed by atoms with Crippen LogP contribution in [-0.2, 0) is 4.79 Å². The summed E-state index contributed by atoms with van der Waals surface area (Å²) in [5.41, 5.74) is 5.77. The van der Waals surface area contributed by atoms with Gasteiger partial charge in [0.25, 0.3) is 0 Å². The van der Waals surface area contributed by atoms with Crippen LogP contribution in [0.2, 0.25) is 0 Å². The molecule has 0 radical (unpaired) electrons. The monoisotopic (exact) mass is 296 g/mol. The molecule has 0 aromatic heterocycles. The van der Waals surface area contributed by atoms with E-state index in [0.29, 0.717) is 17.9 Å². The number of hydrogen-bond acceptors (Lipinski definition) is 2. The van der Waals surface area contributed by atoms with E-state index in [-0.39, 0.29) is 17.9 Å². The summed E-state index contributed by atoms with van der Waals surface area (Å²) in [6.45, 7) is 11.0. The van der Waals surface area contributed by atoms with Crippen molar-refractivity contribution in [2.24, 2.45) is 29.4 Å². The van der Waals surface area contributed by atoms with Gasteiger partial charge in [-0.25, -0.2) is 0 Å². The number of carbonyl (C=O) groups excluding carboxylic acids is 1. The van der Waals surface area contributed by atoms with Crippen LogP contribution in [0.4, 0.5) is 0 Å². The van der Waals surface area contributed by atoms with E-state index in [0.717, 1.165) is 31.6 Å². The van der Waals surface area contributed by atoms with E-state index in [1.807, 2.05) is 13.8 Å². The van der Waals surface area contributed by atoms with Crippen molar-refractivity contribution >= 4 is 5.91 Å². The topological polar surface area (TPSA) is 55.1 Å². The molecule has 1 amide bonds. The Balaban J connectivity index is 2.46. The Kier molecular flexibility index (Phi) is 7.72. The maximum Gasteiger partial charge on any atom is 0.223 e. The molecule has 1 aliphatic rings. The van der Waals surface area contributed by atoms with Gasteiger partial charge in [0.05, 0.1) is 0 Å².